The molecule has 0 aliphatic rings. The lowest BCUT2D eigenvalue weighted by atomic mass is 10.0. The van der Waals surface area contributed by atoms with Gasteiger partial charge in [-0.1, -0.05) is 122 Å². The molecule has 0 radical (unpaired) electrons. The minimum Gasteiger partial charge on any atom is -0.459 e. The van der Waals surface area contributed by atoms with Gasteiger partial charge < -0.3 is 4.74 Å². The highest BCUT2D eigenvalue weighted by Crippen LogP contribution is 2.17. The van der Waals surface area contributed by atoms with Crippen molar-refractivity contribution < 1.29 is 9.53 Å². The molecule has 0 N–H and O–H groups in total. The second-order valence-electron chi connectivity index (χ2n) is 8.57. The minimum absolute atomic E-state index is 0.0741. The molecule has 0 aliphatic carbocycles. The maximum Gasteiger partial charge on any atom is 0.338 e. The van der Waals surface area contributed by atoms with Crippen molar-refractivity contribution in [3.05, 3.63) is 35.9 Å². The third-order valence-corrected chi connectivity index (χ3v) is 5.77. The van der Waals surface area contributed by atoms with Gasteiger partial charge in [-0.05, 0) is 31.4 Å². The molecule has 0 fully saturated rings. The van der Waals surface area contributed by atoms with Gasteiger partial charge in [-0.25, -0.2) is 4.79 Å². The van der Waals surface area contributed by atoms with Crippen LogP contribution in [0.1, 0.15) is 133 Å². The van der Waals surface area contributed by atoms with Crippen LogP contribution in [0.4, 0.5) is 0 Å². The lowest BCUT2D eigenvalue weighted by Crippen LogP contribution is -2.18. The van der Waals surface area contributed by atoms with Gasteiger partial charge in [0.1, 0.15) is 6.10 Å². The Kier molecular flexibility index (Phi) is 16.6. The van der Waals surface area contributed by atoms with Gasteiger partial charge in [-0.3, -0.25) is 0 Å². The van der Waals surface area contributed by atoms with Gasteiger partial charge in [0, 0.05) is 0 Å². The largest absolute Gasteiger partial charge is 0.459 e. The first kappa shape index (κ1) is 25.7. The van der Waals surface area contributed by atoms with Crippen molar-refractivity contribution in [2.24, 2.45) is 0 Å². The van der Waals surface area contributed by atoms with E-state index in [9.17, 15) is 4.79 Å². The number of benzene rings is 1. The van der Waals surface area contributed by atoms with Crippen LogP contribution in [-0.4, -0.2) is 12.1 Å². The fourth-order valence-corrected chi connectivity index (χ4v) is 3.94. The maximum absolute atomic E-state index is 12.3. The molecule has 0 saturated carbocycles. The molecule has 166 valence electrons. The molecule has 0 amide bonds. The zero-order valence-corrected chi connectivity index (χ0v) is 19.3. The van der Waals surface area contributed by atoms with Crippen LogP contribution in [-0.2, 0) is 4.74 Å². The Bertz CT molecular complexity index is 483. The lowest BCUT2D eigenvalue weighted by molar-refractivity contribution is 0.0253. The molecule has 2 nitrogen and oxygen atoms in total. The summed E-state index contributed by atoms with van der Waals surface area (Å²) >= 11 is 0. The van der Waals surface area contributed by atoms with E-state index in [1.54, 1.807) is 0 Å². The van der Waals surface area contributed by atoms with E-state index in [0.29, 0.717) is 5.56 Å². The predicted molar refractivity (Wildman–Crippen MR) is 125 cm³/mol. The van der Waals surface area contributed by atoms with Crippen LogP contribution in [0.25, 0.3) is 0 Å². The average Bonchev–Trinajstić information content (AvgIpc) is 2.74. The van der Waals surface area contributed by atoms with Crippen LogP contribution < -0.4 is 0 Å². The van der Waals surface area contributed by atoms with Crippen molar-refractivity contribution in [1.82, 2.24) is 0 Å². The Morgan fingerprint density at radius 3 is 1.62 bits per heavy atom. The van der Waals surface area contributed by atoms with E-state index in [0.717, 1.165) is 19.3 Å². The van der Waals surface area contributed by atoms with Crippen LogP contribution in [0.2, 0.25) is 0 Å². The first-order valence-electron chi connectivity index (χ1n) is 12.5. The number of esters is 1. The number of carbonyl (C=O) groups excluding carboxylic acids is 1. The van der Waals surface area contributed by atoms with E-state index in [1.165, 1.54) is 89.9 Å². The topological polar surface area (TPSA) is 26.3 Å². The Labute approximate surface area is 180 Å². The van der Waals surface area contributed by atoms with E-state index in [2.05, 4.69) is 13.8 Å². The van der Waals surface area contributed by atoms with Crippen LogP contribution in [0, 0.1) is 0 Å². The van der Waals surface area contributed by atoms with Gasteiger partial charge in [-0.2, -0.15) is 0 Å². The monoisotopic (exact) mass is 402 g/mol. The molecule has 2 heteroatoms. The molecule has 0 aliphatic heterocycles. The van der Waals surface area contributed by atoms with Crippen LogP contribution in [0.3, 0.4) is 0 Å². The van der Waals surface area contributed by atoms with E-state index < -0.39 is 0 Å². The molecule has 1 unspecified atom stereocenters. The first-order valence-corrected chi connectivity index (χ1v) is 12.5. The number of hydrogen-bond donors (Lipinski definition) is 0. The minimum atomic E-state index is -0.172. The van der Waals surface area contributed by atoms with Gasteiger partial charge >= 0.3 is 5.97 Å². The highest BCUT2D eigenvalue weighted by molar-refractivity contribution is 5.89. The summed E-state index contributed by atoms with van der Waals surface area (Å²) in [5.74, 6) is -0.172. The summed E-state index contributed by atoms with van der Waals surface area (Å²) in [5, 5.41) is 0. The molecule has 0 heterocycles. The van der Waals surface area contributed by atoms with Crippen molar-refractivity contribution in [2.45, 2.75) is 129 Å². The molecule has 1 aromatic rings. The Morgan fingerprint density at radius 1 is 0.655 bits per heavy atom. The number of hydrogen-bond acceptors (Lipinski definition) is 2. The zero-order chi connectivity index (χ0) is 21.0. The van der Waals surface area contributed by atoms with Crippen LogP contribution in [0.5, 0.6) is 0 Å². The number of unbranched alkanes of at least 4 members (excludes halogenated alkanes) is 13. The molecule has 0 saturated heterocycles. The molecule has 1 rings (SSSR count). The predicted octanol–water partition coefficient (Wildman–Crippen LogP) is 8.88. The fourth-order valence-electron chi connectivity index (χ4n) is 3.94. The quantitative estimate of drug-likeness (QED) is 0.170. The van der Waals surface area contributed by atoms with Gasteiger partial charge in [0.2, 0.25) is 0 Å². The summed E-state index contributed by atoms with van der Waals surface area (Å²) in [7, 11) is 0. The van der Waals surface area contributed by atoms with Gasteiger partial charge in [0.15, 0.2) is 0 Å². The molecule has 1 aromatic carbocycles. The summed E-state index contributed by atoms with van der Waals surface area (Å²) in [4.78, 5) is 12.3. The van der Waals surface area contributed by atoms with Crippen molar-refractivity contribution in [3.63, 3.8) is 0 Å². The third kappa shape index (κ3) is 14.3. The van der Waals surface area contributed by atoms with Gasteiger partial charge in [-0.15, -0.1) is 0 Å². The smallest absolute Gasteiger partial charge is 0.338 e. The van der Waals surface area contributed by atoms with E-state index in [-0.39, 0.29) is 12.1 Å². The molecular formula is C27H46O2. The summed E-state index contributed by atoms with van der Waals surface area (Å²) in [5.41, 5.74) is 0.662. The molecular weight excluding hydrogens is 356 g/mol. The second-order valence-corrected chi connectivity index (χ2v) is 8.57. The van der Waals surface area contributed by atoms with Crippen molar-refractivity contribution in [2.75, 3.05) is 0 Å². The third-order valence-electron chi connectivity index (χ3n) is 5.77. The lowest BCUT2D eigenvalue weighted by Gasteiger charge is -2.17. The highest BCUT2D eigenvalue weighted by Gasteiger charge is 2.14. The molecule has 0 spiro atoms. The van der Waals surface area contributed by atoms with Crippen LogP contribution >= 0.6 is 0 Å². The normalized spacial score (nSPS) is 12.1. The van der Waals surface area contributed by atoms with E-state index in [4.69, 9.17) is 4.74 Å². The summed E-state index contributed by atoms with van der Waals surface area (Å²) in [6, 6.07) is 9.36. The molecule has 1 atom stereocenters. The van der Waals surface area contributed by atoms with Crippen molar-refractivity contribution >= 4 is 5.97 Å². The standard InChI is InChI=1S/C27H46O2/c1-3-5-6-7-8-9-10-11-12-13-14-15-16-20-24-26(21-4-2)29-27(28)25-22-18-17-19-23-25/h17-19,22-23,26H,3-16,20-21,24H2,1-2H3. The first-order chi connectivity index (χ1) is 14.3. The number of rotatable bonds is 19. The van der Waals surface area contributed by atoms with Gasteiger partial charge in [0.25, 0.3) is 0 Å². The molecule has 0 bridgehead atoms. The van der Waals surface area contributed by atoms with Crippen molar-refractivity contribution in [1.29, 1.82) is 0 Å². The maximum atomic E-state index is 12.3. The fraction of sp³-hybridized carbons (Fsp3) is 0.741. The summed E-state index contributed by atoms with van der Waals surface area (Å²) in [6.45, 7) is 4.44. The van der Waals surface area contributed by atoms with Gasteiger partial charge in [0.05, 0.1) is 5.56 Å². The Balaban J connectivity index is 1.98. The molecule has 0 aromatic heterocycles. The zero-order valence-electron chi connectivity index (χ0n) is 19.3. The highest BCUT2D eigenvalue weighted by atomic mass is 16.5. The van der Waals surface area contributed by atoms with E-state index >= 15 is 0 Å². The molecule has 29 heavy (non-hydrogen) atoms. The summed E-state index contributed by atoms with van der Waals surface area (Å²) < 4.78 is 5.75. The second kappa shape index (κ2) is 18.7. The van der Waals surface area contributed by atoms with E-state index in [1.807, 2.05) is 30.3 Å². The Morgan fingerprint density at radius 2 is 1.14 bits per heavy atom. The van der Waals surface area contributed by atoms with Crippen molar-refractivity contribution in [3.8, 4) is 0 Å². The van der Waals surface area contributed by atoms with Crippen LogP contribution in [0.15, 0.2) is 30.3 Å². The summed E-state index contributed by atoms with van der Waals surface area (Å²) in [6.07, 6.45) is 22.4. The Hall–Kier alpha value is -1.31. The number of carbonyl (C=O) groups is 1. The number of ether oxygens (including phenoxy) is 1. The average molecular weight is 403 g/mol. The SMILES string of the molecule is CCCCCCCCCCCCCCCCC(CCC)OC(=O)c1ccccc1.